The second-order valence-electron chi connectivity index (χ2n) is 29.8. The number of hydrogen-bond donors (Lipinski definition) is 25. The maximum Gasteiger partial charge on any atom is 0.322 e. The van der Waals surface area contributed by atoms with Crippen LogP contribution in [0.15, 0.2) is 73.6 Å². The lowest BCUT2D eigenvalue weighted by molar-refractivity contribution is -0.139. The number of aliphatic carboxylic acids is 2. The fraction of sp³-hybridized carbons (Fsp3) is 0.539. The summed E-state index contributed by atoms with van der Waals surface area (Å²) < 4.78 is 0. The molecule has 2 aromatic heterocycles. The second-order valence-corrected chi connectivity index (χ2v) is 29.8. The van der Waals surface area contributed by atoms with Crippen LogP contribution in [0.5, 0.6) is 11.5 Å². The minimum atomic E-state index is -1.83. The van der Waals surface area contributed by atoms with Gasteiger partial charge in [0.25, 0.3) is 0 Å². The summed E-state index contributed by atoms with van der Waals surface area (Å²) in [6.07, 6.45) is 0.945. The van der Waals surface area contributed by atoms with Crippen molar-refractivity contribution in [3.05, 3.63) is 96.1 Å². The topological polar surface area (TPSA) is 702 Å². The predicted molar refractivity (Wildman–Crippen MR) is 426 cm³/mol. The van der Waals surface area contributed by atoms with Crippen molar-refractivity contribution in [2.24, 2.45) is 40.9 Å². The van der Waals surface area contributed by atoms with Gasteiger partial charge in [-0.2, -0.15) is 0 Å². The molecule has 654 valence electrons. The molecule has 0 aliphatic carbocycles. The number of nitrogens with one attached hydrogen (secondary N) is 17. The van der Waals surface area contributed by atoms with E-state index in [0.717, 1.165) is 6.92 Å². The van der Waals surface area contributed by atoms with E-state index in [4.69, 9.17) is 22.6 Å². The molecule has 0 fully saturated rings. The number of hydrogen-bond acceptors (Lipinski definition) is 23. The standard InChI is InChI=1S/C76H114N22O21/c1-10-40(8)62(98-73(117)61(39(6)7)97-70(114)53(28-43-15-19-47(101)20-16-43)94-75(119)63(41(9)99)95-57(103)33-84-65(109)52(27-42-13-17-46(100)18-14-42)90-64(108)48(77)21-23-56(78)102)74(118)89-49(12-11-25-83-76(79)80)67(111)92-55(30-45-32-82-36-87-45)71(115)96-60(38(4)5)72(116)93-51(26-37(2)3)69(113)88-50(22-24-58(104)105)68(112)91-54(29-44-31-81-35-86-44)66(110)85-34-59(106)107/h13-20,31-32,35-41,48-55,60-63,99-101H,10-12,21-30,33-34,77H2,1-9H3,(H2,78,102)(H,81,86)(H,82,87)(H,84,109)(H,85,110)(H,88,113)(H,89,118)(H,90,108)(H,91,112)(H,92,111)(H,93,116)(H,94,119)(H,95,103)(H,96,115)(H,97,114)(H,98,117)(H,104,105)(H,106,107)(H4,79,80,83)/t40-,41+,48-,49-,50-,51-,52-,53-,54-,55-,60-,61-,62-,63-/m0/s1. The van der Waals surface area contributed by atoms with Gasteiger partial charge in [-0.25, -0.2) is 9.97 Å². The quantitative estimate of drug-likeness (QED) is 0.0112. The number of phenols is 2. The van der Waals surface area contributed by atoms with Crippen molar-refractivity contribution in [1.82, 2.24) is 94.4 Å². The van der Waals surface area contributed by atoms with Crippen LogP contribution in [0, 0.1) is 29.1 Å². The molecular weight excluding hydrogens is 1560 g/mol. The van der Waals surface area contributed by atoms with E-state index in [9.17, 15) is 102 Å². The van der Waals surface area contributed by atoms with Gasteiger partial charge in [0.15, 0.2) is 5.96 Å². The highest BCUT2D eigenvalue weighted by Gasteiger charge is 2.40. The Morgan fingerprint density at radius 2 is 0.832 bits per heavy atom. The number of aliphatic hydroxyl groups excluding tert-OH is 1. The summed E-state index contributed by atoms with van der Waals surface area (Å²) >= 11 is 0. The smallest absolute Gasteiger partial charge is 0.322 e. The molecule has 0 saturated carbocycles. The lowest BCUT2D eigenvalue weighted by Gasteiger charge is -2.31. The second kappa shape index (κ2) is 49.3. The fourth-order valence-corrected chi connectivity index (χ4v) is 11.9. The number of aromatic nitrogens is 4. The number of aliphatic hydroxyl groups is 1. The van der Waals surface area contributed by atoms with E-state index in [2.05, 4.69) is 94.4 Å². The Kier molecular flexibility index (Phi) is 40.8. The molecule has 14 atom stereocenters. The number of aromatic hydroxyl groups is 2. The van der Waals surface area contributed by atoms with E-state index in [0.29, 0.717) is 11.1 Å². The van der Waals surface area contributed by atoms with E-state index >= 15 is 0 Å². The third-order valence-corrected chi connectivity index (χ3v) is 18.7. The van der Waals surface area contributed by atoms with Gasteiger partial charge in [-0.05, 0) is 98.1 Å². The van der Waals surface area contributed by atoms with E-state index < -0.39 is 223 Å². The van der Waals surface area contributed by atoms with Crippen molar-refractivity contribution in [3.8, 4) is 11.5 Å². The molecule has 43 heteroatoms. The first-order chi connectivity index (χ1) is 56.0. The summed E-state index contributed by atoms with van der Waals surface area (Å²) in [7, 11) is 0. The Hall–Kier alpha value is -12.8. The zero-order chi connectivity index (χ0) is 88.9. The minimum Gasteiger partial charge on any atom is -0.508 e. The maximum atomic E-state index is 14.9. The maximum absolute atomic E-state index is 14.9. The fourth-order valence-electron chi connectivity index (χ4n) is 11.9. The molecule has 2 aromatic carbocycles. The average molecular weight is 1670 g/mol. The molecule has 4 aromatic rings. The number of imidazole rings is 2. The number of carbonyl (C=O) groups is 16. The third kappa shape index (κ3) is 35.3. The Morgan fingerprint density at radius 1 is 0.437 bits per heavy atom. The molecule has 0 bridgehead atoms. The lowest BCUT2D eigenvalue weighted by Crippen LogP contribution is -2.63. The van der Waals surface area contributed by atoms with Crippen LogP contribution < -0.4 is 91.6 Å². The van der Waals surface area contributed by atoms with Gasteiger partial charge in [0.1, 0.15) is 84.5 Å². The van der Waals surface area contributed by atoms with Crippen LogP contribution in [0.4, 0.5) is 0 Å². The molecular formula is C76H114N22O21. The summed E-state index contributed by atoms with van der Waals surface area (Å²) in [5.74, 6) is -19.5. The third-order valence-electron chi connectivity index (χ3n) is 18.7. The van der Waals surface area contributed by atoms with Crippen LogP contribution >= 0.6 is 0 Å². The number of carboxylic acid groups (broad SMARTS) is 2. The first-order valence-electron chi connectivity index (χ1n) is 38.7. The van der Waals surface area contributed by atoms with Crippen molar-refractivity contribution < 1.29 is 102 Å². The summed E-state index contributed by atoms with van der Waals surface area (Å²) in [6, 6.07) is -7.30. The molecule has 0 unspecified atom stereocenters. The van der Waals surface area contributed by atoms with Gasteiger partial charge in [0.05, 0.1) is 42.7 Å². The monoisotopic (exact) mass is 1670 g/mol. The molecule has 0 spiro atoms. The van der Waals surface area contributed by atoms with Gasteiger partial charge in [-0.1, -0.05) is 86.1 Å². The number of H-pyrrole nitrogens is 2. The average Bonchev–Trinajstić information content (AvgIpc) is 1.27. The number of nitrogens with zero attached hydrogens (tertiary/aromatic N) is 2. The van der Waals surface area contributed by atoms with Gasteiger partial charge in [0.2, 0.25) is 82.7 Å². The van der Waals surface area contributed by atoms with Gasteiger partial charge in [0, 0.05) is 57.5 Å². The van der Waals surface area contributed by atoms with E-state index in [1.165, 1.54) is 73.6 Å². The highest BCUT2D eigenvalue weighted by Crippen LogP contribution is 2.18. The number of carboxylic acids is 2. The molecule has 0 aliphatic heterocycles. The molecule has 4 rings (SSSR count). The van der Waals surface area contributed by atoms with Crippen molar-refractivity contribution in [3.63, 3.8) is 0 Å². The van der Waals surface area contributed by atoms with E-state index in [1.807, 2.05) is 0 Å². The number of guanidine groups is 1. The summed E-state index contributed by atoms with van der Waals surface area (Å²) in [5, 5.41) is 92.9. The van der Waals surface area contributed by atoms with Crippen molar-refractivity contribution in [1.29, 1.82) is 5.41 Å². The van der Waals surface area contributed by atoms with Crippen molar-refractivity contribution >= 4 is 101 Å². The number of aromatic amines is 2. The molecule has 0 radical (unpaired) electrons. The van der Waals surface area contributed by atoms with Gasteiger partial charge < -0.3 is 127 Å². The summed E-state index contributed by atoms with van der Waals surface area (Å²) in [5.41, 5.74) is 18.0. The molecule has 119 heavy (non-hydrogen) atoms. The molecule has 43 nitrogen and oxygen atoms in total. The molecule has 0 saturated heterocycles. The van der Waals surface area contributed by atoms with Crippen LogP contribution in [-0.2, 0) is 102 Å². The normalized spacial score (nSPS) is 14.7. The van der Waals surface area contributed by atoms with Crippen LogP contribution in [0.3, 0.4) is 0 Å². The zero-order valence-electron chi connectivity index (χ0n) is 67.7. The van der Waals surface area contributed by atoms with Crippen molar-refractivity contribution in [2.75, 3.05) is 19.6 Å². The Balaban J connectivity index is 1.60. The van der Waals surface area contributed by atoms with E-state index in [-0.39, 0.29) is 99.6 Å². The number of amides is 14. The highest BCUT2D eigenvalue weighted by molar-refractivity contribution is 6.00. The van der Waals surface area contributed by atoms with Crippen molar-refractivity contribution in [2.45, 2.75) is 218 Å². The number of primary amides is 1. The first kappa shape index (κ1) is 98.5. The van der Waals surface area contributed by atoms with Crippen LogP contribution in [0.1, 0.15) is 136 Å². The Morgan fingerprint density at radius 3 is 1.28 bits per heavy atom. The number of carbonyl (C=O) groups excluding carboxylic acids is 14. The molecule has 0 aliphatic rings. The highest BCUT2D eigenvalue weighted by atomic mass is 16.4. The molecule has 14 amide bonds. The number of rotatable bonds is 52. The minimum absolute atomic E-state index is 0.0105. The predicted octanol–water partition coefficient (Wildman–Crippen LogP) is -5.03. The lowest BCUT2D eigenvalue weighted by atomic mass is 9.95. The Labute approximate surface area is 686 Å². The molecule has 2 heterocycles. The number of benzene rings is 2. The van der Waals surface area contributed by atoms with Crippen LogP contribution in [0.25, 0.3) is 0 Å². The van der Waals surface area contributed by atoms with Gasteiger partial charge in [-0.3, -0.25) is 82.1 Å². The number of phenolic OH excluding ortho intramolecular Hbond substituents is 2. The summed E-state index contributed by atoms with van der Waals surface area (Å²) in [6.45, 7) is 12.4. The van der Waals surface area contributed by atoms with Gasteiger partial charge in [-0.15, -0.1) is 0 Å². The zero-order valence-corrected chi connectivity index (χ0v) is 67.7. The van der Waals surface area contributed by atoms with E-state index in [1.54, 1.807) is 55.4 Å². The molecule has 28 N–H and O–H groups in total. The largest absolute Gasteiger partial charge is 0.508 e. The number of nitrogens with two attached hydrogens (primary N) is 3. The Bertz CT molecular complexity index is 4090. The summed E-state index contributed by atoms with van der Waals surface area (Å²) in [4.78, 5) is 233. The van der Waals surface area contributed by atoms with Gasteiger partial charge >= 0.3 is 11.9 Å². The first-order valence-corrected chi connectivity index (χ1v) is 38.7. The van der Waals surface area contributed by atoms with Crippen LogP contribution in [-0.4, -0.2) is 244 Å². The van der Waals surface area contributed by atoms with Crippen LogP contribution in [0.2, 0.25) is 0 Å². The SMILES string of the molecule is CC[C@H](C)[C@H](NC(=O)[C@@H](NC(=O)[C@H](Cc1ccc(O)cc1)NC(=O)[C@@H](NC(=O)CNC(=O)[C@H](Cc1ccc(O)cc1)NC(=O)[C@@H](N)CCC(N)=O)[C@@H](C)O)C(C)C)C(=O)N[C@@H](CCCNC(=N)N)C(=O)N[C@@H](Cc1c[nH]cn1)C(=O)N[C@H](C(=O)N[C@@H](CC(C)C)C(=O)N[C@@H](CCC(=O)O)C(=O)N[C@@H](Cc1c[nH]cn1)C(=O)NCC(=O)O)C(C)C.